The molecular formula is C49H96O12S. The van der Waals surface area contributed by atoms with Crippen LogP contribution in [0.1, 0.15) is 245 Å². The highest BCUT2D eigenvalue weighted by Crippen LogP contribution is 2.26. The van der Waals surface area contributed by atoms with Gasteiger partial charge in [0.15, 0.2) is 6.29 Å². The molecule has 370 valence electrons. The Hall–Kier alpha value is -0.900. The predicted octanol–water partition coefficient (Wildman–Crippen LogP) is 11.6. The zero-order valence-electron chi connectivity index (χ0n) is 39.7. The van der Waals surface area contributed by atoms with Gasteiger partial charge in [-0.1, -0.05) is 226 Å². The molecule has 1 rings (SSSR count). The zero-order chi connectivity index (χ0) is 45.4. The smallest absolute Gasteiger partial charge is 0.397 e. The lowest BCUT2D eigenvalue weighted by molar-refractivity contribution is -0.301. The van der Waals surface area contributed by atoms with Crippen LogP contribution in [0.25, 0.3) is 0 Å². The fourth-order valence-corrected chi connectivity index (χ4v) is 8.83. The molecule has 4 N–H and O–H groups in total. The number of aliphatic hydroxyl groups excluding tert-OH is 3. The number of aliphatic hydroxyl groups is 3. The SMILES string of the molecule is CCCCCCCCCCCCCCCCCCCCCCCCCCCOCC(COC1OC(CO)C(O)C(OS(=O)(=O)O)C1O)OC(=O)CCCCCCCCCCCC. The van der Waals surface area contributed by atoms with Crippen LogP contribution in [0.5, 0.6) is 0 Å². The molecule has 1 fully saturated rings. The Labute approximate surface area is 379 Å². The summed E-state index contributed by atoms with van der Waals surface area (Å²) in [6.45, 7) is 4.03. The Morgan fingerprint density at radius 3 is 1.29 bits per heavy atom. The van der Waals surface area contributed by atoms with E-state index >= 15 is 0 Å². The maximum Gasteiger partial charge on any atom is 0.397 e. The van der Waals surface area contributed by atoms with Crippen molar-refractivity contribution in [2.75, 3.05) is 26.4 Å². The van der Waals surface area contributed by atoms with Crippen molar-refractivity contribution in [3.05, 3.63) is 0 Å². The molecule has 1 heterocycles. The molecule has 0 aromatic carbocycles. The van der Waals surface area contributed by atoms with Gasteiger partial charge in [0.2, 0.25) is 0 Å². The molecule has 0 radical (unpaired) electrons. The van der Waals surface area contributed by atoms with Crippen molar-refractivity contribution in [3.8, 4) is 0 Å². The maximum absolute atomic E-state index is 12.8. The number of hydrogen-bond acceptors (Lipinski definition) is 11. The normalized spacial score (nSPS) is 19.9. The fraction of sp³-hybridized carbons (Fsp3) is 0.980. The van der Waals surface area contributed by atoms with Crippen molar-refractivity contribution in [2.24, 2.45) is 0 Å². The number of rotatable bonds is 46. The topological polar surface area (TPSA) is 178 Å². The Kier molecular flexibility index (Phi) is 39.6. The highest BCUT2D eigenvalue weighted by molar-refractivity contribution is 7.80. The summed E-state index contributed by atoms with van der Waals surface area (Å²) in [7, 11) is -5.06. The van der Waals surface area contributed by atoms with Crippen LogP contribution < -0.4 is 0 Å². The third-order valence-corrected chi connectivity index (χ3v) is 12.7. The molecule has 0 saturated carbocycles. The highest BCUT2D eigenvalue weighted by atomic mass is 32.3. The second kappa shape index (κ2) is 41.5. The van der Waals surface area contributed by atoms with E-state index in [1.165, 1.54) is 180 Å². The molecule has 62 heavy (non-hydrogen) atoms. The van der Waals surface area contributed by atoms with E-state index in [2.05, 4.69) is 18.0 Å². The van der Waals surface area contributed by atoms with Crippen LogP contribution in [0.2, 0.25) is 0 Å². The summed E-state index contributed by atoms with van der Waals surface area (Å²) in [6.07, 6.45) is 35.9. The van der Waals surface area contributed by atoms with Crippen LogP contribution in [0.15, 0.2) is 0 Å². The lowest BCUT2D eigenvalue weighted by Crippen LogP contribution is -2.60. The number of hydrogen-bond donors (Lipinski definition) is 4. The highest BCUT2D eigenvalue weighted by Gasteiger charge is 2.48. The van der Waals surface area contributed by atoms with Gasteiger partial charge in [-0.05, 0) is 12.8 Å². The van der Waals surface area contributed by atoms with Gasteiger partial charge in [0, 0.05) is 13.0 Å². The number of esters is 1. The van der Waals surface area contributed by atoms with E-state index < -0.39 is 59.8 Å². The third-order valence-electron chi connectivity index (χ3n) is 12.2. The van der Waals surface area contributed by atoms with Crippen molar-refractivity contribution in [1.82, 2.24) is 0 Å². The first-order valence-electron chi connectivity index (χ1n) is 25.8. The second-order valence-corrected chi connectivity index (χ2v) is 19.2. The summed E-state index contributed by atoms with van der Waals surface area (Å²) in [6, 6.07) is 0. The monoisotopic (exact) mass is 909 g/mol. The van der Waals surface area contributed by atoms with Gasteiger partial charge >= 0.3 is 16.4 Å². The summed E-state index contributed by atoms with van der Waals surface area (Å²) in [5.41, 5.74) is 0. The minimum absolute atomic E-state index is 0.0446. The first kappa shape index (κ1) is 59.1. The van der Waals surface area contributed by atoms with Gasteiger partial charge in [-0.15, -0.1) is 0 Å². The Balaban J connectivity index is 2.24. The van der Waals surface area contributed by atoms with Crippen LogP contribution in [0.4, 0.5) is 0 Å². The summed E-state index contributed by atoms with van der Waals surface area (Å²) in [5.74, 6) is -0.395. The van der Waals surface area contributed by atoms with E-state index in [0.717, 1.165) is 38.5 Å². The van der Waals surface area contributed by atoms with Crippen LogP contribution in [-0.2, 0) is 38.3 Å². The second-order valence-electron chi connectivity index (χ2n) is 18.1. The van der Waals surface area contributed by atoms with Gasteiger partial charge in [0.1, 0.15) is 30.5 Å². The van der Waals surface area contributed by atoms with Gasteiger partial charge in [0.25, 0.3) is 0 Å². The Morgan fingerprint density at radius 2 is 0.919 bits per heavy atom. The van der Waals surface area contributed by atoms with Gasteiger partial charge in [0.05, 0.1) is 19.8 Å². The predicted molar refractivity (Wildman–Crippen MR) is 248 cm³/mol. The van der Waals surface area contributed by atoms with E-state index in [1.54, 1.807) is 0 Å². The van der Waals surface area contributed by atoms with Gasteiger partial charge in [-0.2, -0.15) is 8.42 Å². The number of carbonyl (C=O) groups excluding carboxylic acids is 1. The van der Waals surface area contributed by atoms with Crippen LogP contribution in [-0.4, -0.2) is 97.5 Å². The number of ether oxygens (including phenoxy) is 4. The summed E-state index contributed by atoms with van der Waals surface area (Å²) >= 11 is 0. The Bertz CT molecular complexity index is 1090. The molecule has 0 bridgehead atoms. The fourth-order valence-electron chi connectivity index (χ4n) is 8.32. The summed E-state index contributed by atoms with van der Waals surface area (Å²) in [5, 5.41) is 30.7. The van der Waals surface area contributed by atoms with Crippen LogP contribution in [0, 0.1) is 0 Å². The van der Waals surface area contributed by atoms with Crippen molar-refractivity contribution in [2.45, 2.75) is 282 Å². The molecule has 6 unspecified atom stereocenters. The third kappa shape index (κ3) is 34.4. The lowest BCUT2D eigenvalue weighted by Gasteiger charge is -2.41. The van der Waals surface area contributed by atoms with Crippen LogP contribution >= 0.6 is 0 Å². The zero-order valence-corrected chi connectivity index (χ0v) is 40.5. The average molecular weight is 909 g/mol. The minimum atomic E-state index is -5.06. The number of unbranched alkanes of at least 4 members (excludes halogenated alkanes) is 33. The van der Waals surface area contributed by atoms with Crippen LogP contribution in [0.3, 0.4) is 0 Å². The molecule has 0 aromatic rings. The molecule has 0 aliphatic carbocycles. The molecule has 13 heteroatoms. The first-order valence-corrected chi connectivity index (χ1v) is 27.2. The standard InChI is InChI=1S/C49H96O12S/c1-3-5-7-9-11-13-15-16-17-18-19-20-21-22-23-24-25-26-27-28-29-31-33-35-37-39-57-41-43(59-45(51)38-36-34-32-30-14-12-10-8-6-4-2)42-58-49-47(53)48(61-62(54,55)56)46(52)44(40-50)60-49/h43-44,46-50,52-53H,3-42H2,1-2H3,(H,54,55,56). The molecule has 12 nitrogen and oxygen atoms in total. The van der Waals surface area contributed by atoms with Gasteiger partial charge in [-0.3, -0.25) is 9.35 Å². The molecule has 6 atom stereocenters. The lowest BCUT2D eigenvalue weighted by atomic mass is 9.99. The summed E-state index contributed by atoms with van der Waals surface area (Å²) in [4.78, 5) is 12.8. The Morgan fingerprint density at radius 1 is 0.548 bits per heavy atom. The molecule has 1 aliphatic rings. The largest absolute Gasteiger partial charge is 0.457 e. The molecule has 0 amide bonds. The molecule has 1 saturated heterocycles. The minimum Gasteiger partial charge on any atom is -0.457 e. The van der Waals surface area contributed by atoms with E-state index in [4.69, 9.17) is 23.5 Å². The maximum atomic E-state index is 12.8. The van der Waals surface area contributed by atoms with Crippen molar-refractivity contribution >= 4 is 16.4 Å². The van der Waals surface area contributed by atoms with Gasteiger partial charge in [-0.25, -0.2) is 4.18 Å². The van der Waals surface area contributed by atoms with E-state index in [1.807, 2.05) is 0 Å². The molecule has 0 spiro atoms. The average Bonchev–Trinajstić information content (AvgIpc) is 3.24. The first-order chi connectivity index (χ1) is 30.1. The van der Waals surface area contributed by atoms with E-state index in [9.17, 15) is 28.5 Å². The quantitative estimate of drug-likeness (QED) is 0.0258. The van der Waals surface area contributed by atoms with Gasteiger partial charge < -0.3 is 34.3 Å². The van der Waals surface area contributed by atoms with E-state index in [-0.39, 0.29) is 19.6 Å². The van der Waals surface area contributed by atoms with E-state index in [0.29, 0.717) is 13.0 Å². The number of carbonyl (C=O) groups is 1. The van der Waals surface area contributed by atoms with Crippen molar-refractivity contribution in [3.63, 3.8) is 0 Å². The van der Waals surface area contributed by atoms with Crippen molar-refractivity contribution in [1.29, 1.82) is 0 Å². The molecule has 1 aliphatic heterocycles. The van der Waals surface area contributed by atoms with Crippen molar-refractivity contribution < 1.29 is 56.2 Å². The molecule has 0 aromatic heterocycles. The molecular weight excluding hydrogens is 813 g/mol. The summed E-state index contributed by atoms with van der Waals surface area (Å²) < 4.78 is 59.1.